The molecule has 6 heteroatoms. The third-order valence-electron chi connectivity index (χ3n) is 2.89. The summed E-state index contributed by atoms with van der Waals surface area (Å²) in [6.45, 7) is 0. The molecular weight excluding hydrogens is 256 g/mol. The molecule has 0 bridgehead atoms. The summed E-state index contributed by atoms with van der Waals surface area (Å²) in [5.41, 5.74) is 2.21. The summed E-state index contributed by atoms with van der Waals surface area (Å²) in [7, 11) is 1.48. The van der Waals surface area contributed by atoms with Gasteiger partial charge in [0.25, 0.3) is 0 Å². The fourth-order valence-corrected chi connectivity index (χ4v) is 1.92. The lowest BCUT2D eigenvalue weighted by Gasteiger charge is -2.12. The molecule has 3 rings (SSSR count). The van der Waals surface area contributed by atoms with Gasteiger partial charge in [-0.2, -0.15) is 0 Å². The molecule has 0 saturated carbocycles. The van der Waals surface area contributed by atoms with Gasteiger partial charge in [0.1, 0.15) is 11.8 Å². The lowest BCUT2D eigenvalue weighted by molar-refractivity contribution is 0.203. The van der Waals surface area contributed by atoms with E-state index in [2.05, 4.69) is 19.9 Å². The lowest BCUT2D eigenvalue weighted by Crippen LogP contribution is -2.08. The van der Waals surface area contributed by atoms with Crippen molar-refractivity contribution >= 4 is 11.0 Å². The van der Waals surface area contributed by atoms with E-state index in [1.54, 1.807) is 0 Å². The molecule has 100 valence electrons. The lowest BCUT2D eigenvalue weighted by atomic mass is 10.2. The van der Waals surface area contributed by atoms with E-state index in [1.165, 1.54) is 25.7 Å². The Morgan fingerprint density at radius 1 is 1.05 bits per heavy atom. The Balaban J connectivity index is 2.05. The molecule has 0 spiro atoms. The molecular formula is C14H12N4O2. The maximum atomic E-state index is 10.4. The third-order valence-corrected chi connectivity index (χ3v) is 2.89. The van der Waals surface area contributed by atoms with Crippen molar-refractivity contribution in [2.75, 3.05) is 7.11 Å². The van der Waals surface area contributed by atoms with E-state index in [-0.39, 0.29) is 5.88 Å². The topological polar surface area (TPSA) is 81.0 Å². The number of rotatable bonds is 3. The first-order valence-electron chi connectivity index (χ1n) is 6.04. The second kappa shape index (κ2) is 5.18. The highest BCUT2D eigenvalue weighted by atomic mass is 16.5. The van der Waals surface area contributed by atoms with Crippen molar-refractivity contribution in [2.45, 2.75) is 6.10 Å². The van der Waals surface area contributed by atoms with E-state index >= 15 is 0 Å². The second-order valence-corrected chi connectivity index (χ2v) is 4.14. The van der Waals surface area contributed by atoms with Crippen molar-refractivity contribution in [3.63, 3.8) is 0 Å². The van der Waals surface area contributed by atoms with Gasteiger partial charge in [0, 0.05) is 12.4 Å². The molecule has 2 aromatic heterocycles. The molecule has 2 heterocycles. The first-order valence-corrected chi connectivity index (χ1v) is 6.04. The molecule has 0 aliphatic carbocycles. The molecule has 6 nitrogen and oxygen atoms in total. The highest BCUT2D eigenvalue weighted by Crippen LogP contribution is 2.25. The molecule has 0 radical (unpaired) electrons. The fraction of sp³-hybridized carbons (Fsp3) is 0.143. The number of hydrogen-bond donors (Lipinski definition) is 1. The third kappa shape index (κ3) is 2.17. The van der Waals surface area contributed by atoms with Crippen molar-refractivity contribution in [1.82, 2.24) is 19.9 Å². The van der Waals surface area contributed by atoms with Crippen LogP contribution in [-0.4, -0.2) is 32.2 Å². The SMILES string of the molecule is COc1nccnc1C(O)c1cnc2ccccc2n1. The smallest absolute Gasteiger partial charge is 0.238 e. The van der Waals surface area contributed by atoms with Gasteiger partial charge in [-0.1, -0.05) is 12.1 Å². The van der Waals surface area contributed by atoms with Crippen LogP contribution >= 0.6 is 0 Å². The van der Waals surface area contributed by atoms with Gasteiger partial charge in [-0.25, -0.2) is 9.97 Å². The van der Waals surface area contributed by atoms with E-state index in [9.17, 15) is 5.11 Å². The van der Waals surface area contributed by atoms with Gasteiger partial charge in [0.2, 0.25) is 5.88 Å². The minimum absolute atomic E-state index is 0.273. The molecule has 3 aromatic rings. The highest BCUT2D eigenvalue weighted by Gasteiger charge is 2.19. The number of aromatic nitrogens is 4. The largest absolute Gasteiger partial charge is 0.480 e. The van der Waals surface area contributed by atoms with Crippen LogP contribution in [0.15, 0.2) is 42.9 Å². The van der Waals surface area contributed by atoms with E-state index in [0.29, 0.717) is 16.9 Å². The minimum atomic E-state index is -1.03. The van der Waals surface area contributed by atoms with Crippen LogP contribution < -0.4 is 4.74 Å². The predicted octanol–water partition coefficient (Wildman–Crippen LogP) is 1.51. The Morgan fingerprint density at radius 2 is 1.80 bits per heavy atom. The predicted molar refractivity (Wildman–Crippen MR) is 72.2 cm³/mol. The Bertz CT molecular complexity index is 748. The number of ether oxygens (including phenoxy) is 1. The van der Waals surface area contributed by atoms with Crippen LogP contribution in [0.4, 0.5) is 0 Å². The maximum absolute atomic E-state index is 10.4. The van der Waals surface area contributed by atoms with E-state index in [4.69, 9.17) is 4.74 Å². The minimum Gasteiger partial charge on any atom is -0.480 e. The summed E-state index contributed by atoms with van der Waals surface area (Å²) < 4.78 is 5.09. The van der Waals surface area contributed by atoms with Gasteiger partial charge in [-0.05, 0) is 12.1 Å². The monoisotopic (exact) mass is 268 g/mol. The zero-order chi connectivity index (χ0) is 13.9. The van der Waals surface area contributed by atoms with Crippen LogP contribution in [-0.2, 0) is 0 Å². The quantitative estimate of drug-likeness (QED) is 0.775. The molecule has 1 unspecified atom stereocenters. The Kier molecular flexibility index (Phi) is 3.22. The van der Waals surface area contributed by atoms with E-state index in [1.807, 2.05) is 24.3 Å². The van der Waals surface area contributed by atoms with Gasteiger partial charge >= 0.3 is 0 Å². The highest BCUT2D eigenvalue weighted by molar-refractivity contribution is 5.73. The molecule has 0 fully saturated rings. The first kappa shape index (κ1) is 12.4. The Morgan fingerprint density at radius 3 is 2.60 bits per heavy atom. The number of aliphatic hydroxyl groups is 1. The summed E-state index contributed by atoms with van der Waals surface area (Å²) in [5, 5.41) is 10.4. The van der Waals surface area contributed by atoms with E-state index < -0.39 is 6.10 Å². The van der Waals surface area contributed by atoms with Crippen molar-refractivity contribution in [2.24, 2.45) is 0 Å². The van der Waals surface area contributed by atoms with E-state index in [0.717, 1.165) is 5.52 Å². The molecule has 0 saturated heterocycles. The molecule has 0 aliphatic rings. The van der Waals surface area contributed by atoms with Crippen molar-refractivity contribution in [1.29, 1.82) is 0 Å². The fourth-order valence-electron chi connectivity index (χ4n) is 1.92. The van der Waals surface area contributed by atoms with Crippen LogP contribution in [0.1, 0.15) is 17.5 Å². The van der Waals surface area contributed by atoms with Gasteiger partial charge in [0.05, 0.1) is 30.0 Å². The Labute approximate surface area is 115 Å². The number of hydrogen-bond acceptors (Lipinski definition) is 6. The summed E-state index contributed by atoms with van der Waals surface area (Å²) in [4.78, 5) is 16.8. The number of aliphatic hydroxyl groups excluding tert-OH is 1. The van der Waals surface area contributed by atoms with Crippen molar-refractivity contribution in [3.05, 3.63) is 54.2 Å². The average Bonchev–Trinajstić information content (AvgIpc) is 2.53. The molecule has 0 amide bonds. The summed E-state index contributed by atoms with van der Waals surface area (Å²) >= 11 is 0. The number of para-hydroxylation sites is 2. The molecule has 1 atom stereocenters. The van der Waals surface area contributed by atoms with Crippen molar-refractivity contribution in [3.8, 4) is 5.88 Å². The maximum Gasteiger partial charge on any atom is 0.238 e. The molecule has 20 heavy (non-hydrogen) atoms. The molecule has 1 aromatic carbocycles. The van der Waals surface area contributed by atoms with Gasteiger partial charge in [-0.15, -0.1) is 0 Å². The number of benzene rings is 1. The van der Waals surface area contributed by atoms with Crippen LogP contribution in [0.2, 0.25) is 0 Å². The van der Waals surface area contributed by atoms with Gasteiger partial charge < -0.3 is 9.84 Å². The summed E-state index contributed by atoms with van der Waals surface area (Å²) in [6.07, 6.45) is 3.49. The standard InChI is InChI=1S/C14H12N4O2/c1-20-14-12(15-6-7-16-14)13(19)11-8-17-9-4-2-3-5-10(9)18-11/h2-8,13,19H,1H3. The van der Waals surface area contributed by atoms with Crippen molar-refractivity contribution < 1.29 is 9.84 Å². The number of methoxy groups -OCH3 is 1. The number of fused-ring (bicyclic) bond motifs is 1. The zero-order valence-corrected chi connectivity index (χ0v) is 10.8. The zero-order valence-electron chi connectivity index (χ0n) is 10.8. The summed E-state index contributed by atoms with van der Waals surface area (Å²) in [6, 6.07) is 7.46. The average molecular weight is 268 g/mol. The molecule has 0 aliphatic heterocycles. The van der Waals surface area contributed by atoms with Crippen LogP contribution in [0, 0.1) is 0 Å². The van der Waals surface area contributed by atoms with Gasteiger partial charge in [-0.3, -0.25) is 9.97 Å². The Hall–Kier alpha value is -2.60. The van der Waals surface area contributed by atoms with Crippen LogP contribution in [0.5, 0.6) is 5.88 Å². The normalized spacial score (nSPS) is 12.3. The van der Waals surface area contributed by atoms with Crippen LogP contribution in [0.25, 0.3) is 11.0 Å². The van der Waals surface area contributed by atoms with Crippen LogP contribution in [0.3, 0.4) is 0 Å². The second-order valence-electron chi connectivity index (χ2n) is 4.14. The van der Waals surface area contributed by atoms with Gasteiger partial charge in [0.15, 0.2) is 0 Å². The first-order chi connectivity index (χ1) is 9.79. The number of nitrogens with zero attached hydrogens (tertiary/aromatic N) is 4. The molecule has 1 N–H and O–H groups in total. The summed E-state index contributed by atoms with van der Waals surface area (Å²) in [5.74, 6) is 0.273.